The number of nitrogens with one attached hydrogen (secondary N) is 2. The number of anilines is 1. The van der Waals surface area contributed by atoms with Gasteiger partial charge in [-0.1, -0.05) is 32.0 Å². The molecule has 0 radical (unpaired) electrons. The second-order valence-corrected chi connectivity index (χ2v) is 7.61. The fourth-order valence-electron chi connectivity index (χ4n) is 3.53. The predicted molar refractivity (Wildman–Crippen MR) is 126 cm³/mol. The van der Waals surface area contributed by atoms with Crippen LogP contribution in [0, 0.1) is 11.8 Å². The van der Waals surface area contributed by atoms with Gasteiger partial charge in [0, 0.05) is 38.3 Å². The van der Waals surface area contributed by atoms with E-state index >= 15 is 0 Å². The number of aliphatic hydroxyl groups excluding tert-OH is 1. The van der Waals surface area contributed by atoms with E-state index in [4.69, 9.17) is 4.99 Å². The Bertz CT molecular complexity index is 610. The molecule has 28 heavy (non-hydrogen) atoms. The van der Waals surface area contributed by atoms with Crippen LogP contribution in [-0.2, 0) is 4.79 Å². The molecule has 0 spiro atoms. The molecule has 2 rings (SSSR count). The lowest BCUT2D eigenvalue weighted by Crippen LogP contribution is -2.44. The van der Waals surface area contributed by atoms with Crippen molar-refractivity contribution in [3.63, 3.8) is 0 Å². The first-order valence-electron chi connectivity index (χ1n) is 10.0. The molecule has 0 saturated carbocycles. The lowest BCUT2D eigenvalue weighted by Gasteiger charge is -2.20. The Balaban J connectivity index is 0.00000392. The summed E-state index contributed by atoms with van der Waals surface area (Å²) in [6.45, 7) is 8.70. The number of para-hydroxylation sites is 1. The van der Waals surface area contributed by atoms with Crippen molar-refractivity contribution in [3.05, 3.63) is 30.3 Å². The second kappa shape index (κ2) is 13.0. The molecule has 0 bridgehead atoms. The first kappa shape index (κ1) is 24.7. The Morgan fingerprint density at radius 3 is 2.64 bits per heavy atom. The van der Waals surface area contributed by atoms with E-state index in [1.54, 1.807) is 0 Å². The van der Waals surface area contributed by atoms with Crippen molar-refractivity contribution in [2.24, 2.45) is 16.8 Å². The third kappa shape index (κ3) is 7.95. The maximum absolute atomic E-state index is 12.4. The van der Waals surface area contributed by atoms with Gasteiger partial charge in [-0.2, -0.15) is 0 Å². The number of benzene rings is 1. The van der Waals surface area contributed by atoms with Gasteiger partial charge in [0.15, 0.2) is 5.96 Å². The zero-order chi connectivity index (χ0) is 19.6. The summed E-state index contributed by atoms with van der Waals surface area (Å²) in [5.74, 6) is 1.83. The summed E-state index contributed by atoms with van der Waals surface area (Å²) >= 11 is 0. The highest BCUT2D eigenvalue weighted by atomic mass is 127. The first-order valence-corrected chi connectivity index (χ1v) is 10.0. The normalized spacial score (nSPS) is 18.2. The molecule has 1 aliphatic rings. The first-order chi connectivity index (χ1) is 13.0. The molecule has 1 aromatic carbocycles. The number of nitrogens with zero attached hydrogens (tertiary/aromatic N) is 2. The molecule has 0 aliphatic carbocycles. The minimum atomic E-state index is 0. The Morgan fingerprint density at radius 1 is 1.32 bits per heavy atom. The van der Waals surface area contributed by atoms with Gasteiger partial charge in [0.2, 0.25) is 5.91 Å². The van der Waals surface area contributed by atoms with Gasteiger partial charge in [-0.25, -0.2) is 0 Å². The molecule has 1 saturated heterocycles. The lowest BCUT2D eigenvalue weighted by atomic mass is 9.94. The summed E-state index contributed by atoms with van der Waals surface area (Å²) in [5, 5.41) is 16.0. The minimum Gasteiger partial charge on any atom is -0.396 e. The van der Waals surface area contributed by atoms with E-state index in [-0.39, 0.29) is 42.5 Å². The molecule has 1 fully saturated rings. The SMILES string of the molecule is CCNC(=NCC(CCO)CC(C)C)NC1CC(=O)N(c2ccccc2)C1.I. The number of amides is 1. The van der Waals surface area contributed by atoms with Crippen molar-refractivity contribution in [1.29, 1.82) is 0 Å². The summed E-state index contributed by atoms with van der Waals surface area (Å²) in [6.07, 6.45) is 2.28. The summed E-state index contributed by atoms with van der Waals surface area (Å²) in [5.41, 5.74) is 0.939. The van der Waals surface area contributed by atoms with Gasteiger partial charge in [0.25, 0.3) is 0 Å². The van der Waals surface area contributed by atoms with E-state index in [1.807, 2.05) is 42.2 Å². The number of hydrogen-bond acceptors (Lipinski definition) is 3. The van der Waals surface area contributed by atoms with Crippen LogP contribution in [0.25, 0.3) is 0 Å². The average molecular weight is 502 g/mol. The molecule has 1 amide bonds. The summed E-state index contributed by atoms with van der Waals surface area (Å²) in [6, 6.07) is 9.82. The summed E-state index contributed by atoms with van der Waals surface area (Å²) in [7, 11) is 0. The van der Waals surface area contributed by atoms with Crippen molar-refractivity contribution >= 4 is 41.5 Å². The smallest absolute Gasteiger partial charge is 0.229 e. The Kier molecular flexibility index (Phi) is 11.4. The van der Waals surface area contributed by atoms with Gasteiger partial charge >= 0.3 is 0 Å². The summed E-state index contributed by atoms with van der Waals surface area (Å²) < 4.78 is 0. The van der Waals surface area contributed by atoms with E-state index in [2.05, 4.69) is 24.5 Å². The highest BCUT2D eigenvalue weighted by Crippen LogP contribution is 2.21. The van der Waals surface area contributed by atoms with Gasteiger partial charge in [-0.3, -0.25) is 9.79 Å². The molecule has 7 heteroatoms. The van der Waals surface area contributed by atoms with Crippen LogP contribution in [-0.4, -0.2) is 49.3 Å². The minimum absolute atomic E-state index is 0. The van der Waals surface area contributed by atoms with Crippen molar-refractivity contribution in [2.75, 3.05) is 31.1 Å². The van der Waals surface area contributed by atoms with Crippen LogP contribution in [0.3, 0.4) is 0 Å². The number of aliphatic hydroxyl groups is 1. The van der Waals surface area contributed by atoms with Crippen LogP contribution < -0.4 is 15.5 Å². The van der Waals surface area contributed by atoms with Gasteiger partial charge in [-0.15, -0.1) is 24.0 Å². The number of guanidine groups is 1. The molecule has 6 nitrogen and oxygen atoms in total. The predicted octanol–water partition coefficient (Wildman–Crippen LogP) is 3.01. The number of halogens is 1. The van der Waals surface area contributed by atoms with Crippen molar-refractivity contribution in [1.82, 2.24) is 10.6 Å². The molecule has 2 atom stereocenters. The standard InChI is InChI=1S/C21H34N4O2.HI/c1-4-22-21(23-14-17(10-11-26)12-16(2)3)24-18-13-20(27)25(15-18)19-8-6-5-7-9-19;/h5-9,16-18,26H,4,10-15H2,1-3H3,(H2,22,23,24);1H. The Morgan fingerprint density at radius 2 is 2.04 bits per heavy atom. The summed E-state index contributed by atoms with van der Waals surface area (Å²) in [4.78, 5) is 18.9. The number of carbonyl (C=O) groups is 1. The maximum atomic E-state index is 12.4. The average Bonchev–Trinajstić information content (AvgIpc) is 3.00. The van der Waals surface area contributed by atoms with Gasteiger partial charge in [0.05, 0.1) is 6.04 Å². The number of rotatable bonds is 9. The van der Waals surface area contributed by atoms with Crippen LogP contribution in [0.1, 0.15) is 40.0 Å². The van der Waals surface area contributed by atoms with Crippen molar-refractivity contribution in [2.45, 2.75) is 46.1 Å². The van der Waals surface area contributed by atoms with Crippen molar-refractivity contribution in [3.8, 4) is 0 Å². The van der Waals surface area contributed by atoms with E-state index in [0.29, 0.717) is 31.3 Å². The van der Waals surface area contributed by atoms with Crippen LogP contribution in [0.4, 0.5) is 5.69 Å². The highest BCUT2D eigenvalue weighted by molar-refractivity contribution is 14.0. The third-order valence-electron chi connectivity index (χ3n) is 4.73. The maximum Gasteiger partial charge on any atom is 0.229 e. The second-order valence-electron chi connectivity index (χ2n) is 7.61. The molecule has 158 valence electrons. The largest absolute Gasteiger partial charge is 0.396 e. The monoisotopic (exact) mass is 502 g/mol. The number of hydrogen-bond donors (Lipinski definition) is 3. The van der Waals surface area contributed by atoms with Crippen LogP contribution >= 0.6 is 24.0 Å². The zero-order valence-electron chi connectivity index (χ0n) is 17.2. The number of carbonyl (C=O) groups excluding carboxylic acids is 1. The van der Waals surface area contributed by atoms with Crippen LogP contribution in [0.5, 0.6) is 0 Å². The van der Waals surface area contributed by atoms with Crippen LogP contribution in [0.15, 0.2) is 35.3 Å². The molecule has 1 heterocycles. The molecular weight excluding hydrogens is 467 g/mol. The van der Waals surface area contributed by atoms with E-state index < -0.39 is 0 Å². The van der Waals surface area contributed by atoms with Gasteiger partial charge < -0.3 is 20.6 Å². The highest BCUT2D eigenvalue weighted by Gasteiger charge is 2.31. The lowest BCUT2D eigenvalue weighted by molar-refractivity contribution is -0.117. The van der Waals surface area contributed by atoms with Crippen LogP contribution in [0.2, 0.25) is 0 Å². The van der Waals surface area contributed by atoms with E-state index in [9.17, 15) is 9.90 Å². The molecule has 3 N–H and O–H groups in total. The molecule has 0 aromatic heterocycles. The fourth-order valence-corrected chi connectivity index (χ4v) is 3.53. The molecule has 2 unspecified atom stereocenters. The quantitative estimate of drug-likeness (QED) is 0.276. The third-order valence-corrected chi connectivity index (χ3v) is 4.73. The molecular formula is C21H35IN4O2. The van der Waals surface area contributed by atoms with Gasteiger partial charge in [-0.05, 0) is 43.7 Å². The van der Waals surface area contributed by atoms with Gasteiger partial charge in [0.1, 0.15) is 0 Å². The van der Waals surface area contributed by atoms with Crippen molar-refractivity contribution < 1.29 is 9.90 Å². The van der Waals surface area contributed by atoms with E-state index in [0.717, 1.165) is 31.0 Å². The van der Waals surface area contributed by atoms with E-state index in [1.165, 1.54) is 0 Å². The Hall–Kier alpha value is -1.35. The fraction of sp³-hybridized carbons (Fsp3) is 0.619. The molecule has 1 aromatic rings. The Labute approximate surface area is 186 Å². The topological polar surface area (TPSA) is 77.0 Å². The zero-order valence-corrected chi connectivity index (χ0v) is 19.6. The number of aliphatic imine (C=N–C) groups is 1. The molecule has 1 aliphatic heterocycles.